The molecule has 0 saturated carbocycles. The molecule has 0 bridgehead atoms. The number of hydrogen-bond donors (Lipinski definition) is 3. The van der Waals surface area contributed by atoms with Crippen LogP contribution in [0.2, 0.25) is 0 Å². The van der Waals surface area contributed by atoms with Gasteiger partial charge >= 0.3 is 0 Å². The highest BCUT2D eigenvalue weighted by Gasteiger charge is 2.18. The summed E-state index contributed by atoms with van der Waals surface area (Å²) < 4.78 is 5.12. The van der Waals surface area contributed by atoms with Crippen molar-refractivity contribution in [1.29, 1.82) is 0 Å². The highest BCUT2D eigenvalue weighted by Crippen LogP contribution is 2.06. The van der Waals surface area contributed by atoms with E-state index >= 15 is 0 Å². The molecule has 6 heteroatoms. The number of nitrogens with one attached hydrogen (secondary N) is 1. The Morgan fingerprint density at radius 2 is 2.05 bits per heavy atom. The molecule has 0 fully saturated rings. The molecule has 3 N–H and O–H groups in total. The number of rotatable bonds is 7. The van der Waals surface area contributed by atoms with Crippen LogP contribution in [-0.2, 0) is 13.0 Å². The number of aliphatic hydroxyl groups excluding tert-OH is 1. The van der Waals surface area contributed by atoms with E-state index in [0.29, 0.717) is 24.7 Å². The summed E-state index contributed by atoms with van der Waals surface area (Å²) in [4.78, 5) is 4.27. The fourth-order valence-electron chi connectivity index (χ4n) is 1.71. The molecule has 0 radical (unpaired) electrons. The van der Waals surface area contributed by atoms with Crippen LogP contribution in [0.25, 0.3) is 0 Å². The largest absolute Gasteiger partial charge is 0.393 e. The van der Waals surface area contributed by atoms with Gasteiger partial charge in [-0.05, 0) is 12.5 Å². The number of hydrogen-bond acceptors (Lipinski definition) is 6. The van der Waals surface area contributed by atoms with Crippen LogP contribution in [-0.4, -0.2) is 39.1 Å². The maximum absolute atomic E-state index is 9.62. The summed E-state index contributed by atoms with van der Waals surface area (Å²) in [5.74, 6) is 1.09. The van der Waals surface area contributed by atoms with Gasteiger partial charge in [0, 0.05) is 13.0 Å². The zero-order valence-corrected chi connectivity index (χ0v) is 11.4. The van der Waals surface area contributed by atoms with Gasteiger partial charge < -0.3 is 20.1 Å². The second kappa shape index (κ2) is 6.60. The zero-order chi connectivity index (χ0) is 14.4. The topological polar surface area (TPSA) is 91.4 Å². The lowest BCUT2D eigenvalue weighted by Crippen LogP contribution is -2.40. The van der Waals surface area contributed by atoms with Crippen LogP contribution >= 0.6 is 0 Å². The quantitative estimate of drug-likeness (QED) is 0.682. The summed E-state index contributed by atoms with van der Waals surface area (Å²) in [5, 5.41) is 25.4. The minimum atomic E-state index is -1.15. The van der Waals surface area contributed by atoms with E-state index in [1.54, 1.807) is 6.92 Å². The van der Waals surface area contributed by atoms with Gasteiger partial charge in [-0.1, -0.05) is 35.5 Å². The molecule has 108 valence electrons. The molecule has 1 heterocycles. The van der Waals surface area contributed by atoms with E-state index in [-0.39, 0.29) is 13.2 Å². The monoisotopic (exact) mass is 277 g/mol. The van der Waals surface area contributed by atoms with Crippen LogP contribution in [0.15, 0.2) is 34.9 Å². The Kier molecular flexibility index (Phi) is 4.84. The molecule has 0 spiro atoms. The van der Waals surface area contributed by atoms with Gasteiger partial charge in [0.1, 0.15) is 0 Å². The summed E-state index contributed by atoms with van der Waals surface area (Å²) in [6.45, 7) is 1.86. The molecule has 2 rings (SSSR count). The van der Waals surface area contributed by atoms with E-state index in [0.717, 1.165) is 5.56 Å². The van der Waals surface area contributed by atoms with E-state index in [1.807, 2.05) is 30.3 Å². The number of benzene rings is 1. The fourth-order valence-corrected chi connectivity index (χ4v) is 1.71. The first-order chi connectivity index (χ1) is 9.59. The first kappa shape index (κ1) is 14.6. The molecule has 1 unspecified atom stereocenters. The van der Waals surface area contributed by atoms with Gasteiger partial charge in [0.2, 0.25) is 5.89 Å². The predicted octanol–water partition coefficient (Wildman–Crippen LogP) is 0.493. The minimum Gasteiger partial charge on any atom is -0.393 e. The first-order valence-electron chi connectivity index (χ1n) is 6.48. The van der Waals surface area contributed by atoms with Crippen LogP contribution in [0.1, 0.15) is 24.2 Å². The molecule has 0 saturated heterocycles. The maximum Gasteiger partial charge on any atom is 0.240 e. The third kappa shape index (κ3) is 4.41. The first-order valence-corrected chi connectivity index (χ1v) is 6.48. The molecule has 20 heavy (non-hydrogen) atoms. The Hall–Kier alpha value is -1.76. The van der Waals surface area contributed by atoms with Gasteiger partial charge in [-0.2, -0.15) is 4.98 Å². The fraction of sp³-hybridized carbons (Fsp3) is 0.429. The average molecular weight is 277 g/mol. The van der Waals surface area contributed by atoms with Crippen molar-refractivity contribution in [3.63, 3.8) is 0 Å². The molecule has 0 aliphatic heterocycles. The molecular weight excluding hydrogens is 258 g/mol. The normalized spacial score (nSPS) is 14.2. The second-order valence-corrected chi connectivity index (χ2v) is 5.03. The lowest BCUT2D eigenvalue weighted by molar-refractivity contribution is 0.00213. The van der Waals surface area contributed by atoms with Crippen LogP contribution in [0, 0.1) is 0 Å². The van der Waals surface area contributed by atoms with Gasteiger partial charge in [-0.3, -0.25) is 0 Å². The van der Waals surface area contributed by atoms with E-state index in [1.165, 1.54) is 0 Å². The number of aliphatic hydroxyl groups is 2. The smallest absolute Gasteiger partial charge is 0.240 e. The van der Waals surface area contributed by atoms with Gasteiger partial charge in [-0.25, -0.2) is 0 Å². The lowest BCUT2D eigenvalue weighted by atomic mass is 10.1. The van der Waals surface area contributed by atoms with Crippen molar-refractivity contribution >= 4 is 0 Å². The van der Waals surface area contributed by atoms with Crippen LogP contribution in [0.4, 0.5) is 0 Å². The minimum absolute atomic E-state index is 0.250. The van der Waals surface area contributed by atoms with Crippen molar-refractivity contribution in [3.8, 4) is 0 Å². The number of aromatic nitrogens is 2. The molecule has 0 aliphatic carbocycles. The van der Waals surface area contributed by atoms with Crippen LogP contribution in [0.5, 0.6) is 0 Å². The summed E-state index contributed by atoms with van der Waals surface area (Å²) in [6.07, 6.45) is 0.624. The van der Waals surface area contributed by atoms with Crippen molar-refractivity contribution in [2.24, 2.45) is 0 Å². The van der Waals surface area contributed by atoms with Crippen LogP contribution in [0.3, 0.4) is 0 Å². The Morgan fingerprint density at radius 1 is 1.30 bits per heavy atom. The second-order valence-electron chi connectivity index (χ2n) is 5.03. The molecular formula is C14H19N3O3. The van der Waals surface area contributed by atoms with Gasteiger partial charge in [-0.15, -0.1) is 0 Å². The third-order valence-corrected chi connectivity index (χ3v) is 2.84. The highest BCUT2D eigenvalue weighted by atomic mass is 16.5. The van der Waals surface area contributed by atoms with Crippen molar-refractivity contribution in [1.82, 2.24) is 15.5 Å². The zero-order valence-electron chi connectivity index (χ0n) is 11.4. The van der Waals surface area contributed by atoms with E-state index in [2.05, 4.69) is 15.5 Å². The lowest BCUT2D eigenvalue weighted by Gasteiger charge is -2.19. The summed E-state index contributed by atoms with van der Waals surface area (Å²) in [7, 11) is 0. The third-order valence-electron chi connectivity index (χ3n) is 2.84. The molecule has 1 aromatic heterocycles. The SMILES string of the molecule is CC(O)(CO)CNCc1nc(Cc2ccccc2)no1. The highest BCUT2D eigenvalue weighted by molar-refractivity contribution is 5.18. The average Bonchev–Trinajstić information content (AvgIpc) is 2.87. The van der Waals surface area contributed by atoms with Crippen molar-refractivity contribution in [2.45, 2.75) is 25.5 Å². The number of nitrogens with zero attached hydrogens (tertiary/aromatic N) is 2. The molecule has 0 amide bonds. The Bertz CT molecular complexity index is 525. The van der Waals surface area contributed by atoms with Gasteiger partial charge in [0.25, 0.3) is 0 Å². The summed E-state index contributed by atoms with van der Waals surface area (Å²) in [6, 6.07) is 9.91. The molecule has 1 atom stereocenters. The molecule has 2 aromatic rings. The standard InChI is InChI=1S/C14H19N3O3/c1-14(19,10-18)9-15-8-13-16-12(17-20-13)7-11-5-3-2-4-6-11/h2-6,15,18-19H,7-10H2,1H3. The van der Waals surface area contributed by atoms with Crippen molar-refractivity contribution < 1.29 is 14.7 Å². The van der Waals surface area contributed by atoms with Crippen LogP contribution < -0.4 is 5.32 Å². The summed E-state index contributed by atoms with van der Waals surface area (Å²) >= 11 is 0. The van der Waals surface area contributed by atoms with E-state index in [4.69, 9.17) is 9.63 Å². The Morgan fingerprint density at radius 3 is 2.75 bits per heavy atom. The van der Waals surface area contributed by atoms with Crippen molar-refractivity contribution in [2.75, 3.05) is 13.2 Å². The van der Waals surface area contributed by atoms with E-state index in [9.17, 15) is 5.11 Å². The predicted molar refractivity (Wildman–Crippen MR) is 73.0 cm³/mol. The molecule has 1 aromatic carbocycles. The van der Waals surface area contributed by atoms with Crippen molar-refractivity contribution in [3.05, 3.63) is 47.6 Å². The molecule has 6 nitrogen and oxygen atoms in total. The Balaban J connectivity index is 1.84. The molecule has 0 aliphatic rings. The summed E-state index contributed by atoms with van der Waals surface area (Å²) in [5.41, 5.74) is -0.0246. The maximum atomic E-state index is 9.62. The van der Waals surface area contributed by atoms with Gasteiger partial charge in [0.15, 0.2) is 5.82 Å². The van der Waals surface area contributed by atoms with Gasteiger partial charge in [0.05, 0.1) is 18.8 Å². The van der Waals surface area contributed by atoms with E-state index < -0.39 is 5.60 Å². The Labute approximate surface area is 117 Å².